The highest BCUT2D eigenvalue weighted by Gasteiger charge is 2.55. The normalized spacial score (nSPS) is 25.7. The number of amides is 1. The Morgan fingerprint density at radius 2 is 1.62 bits per heavy atom. The lowest BCUT2D eigenvalue weighted by Crippen LogP contribution is -2.37. The van der Waals surface area contributed by atoms with E-state index in [1.54, 1.807) is 24.3 Å². The van der Waals surface area contributed by atoms with E-state index in [9.17, 15) is 13.2 Å². The second kappa shape index (κ2) is 7.75. The predicted octanol–water partition coefficient (Wildman–Crippen LogP) is 6.50. The monoisotopic (exact) mass is 457 g/mol. The Labute approximate surface area is 192 Å². The molecule has 1 aromatic rings. The molecule has 174 valence electrons. The highest BCUT2D eigenvalue weighted by Crippen LogP contribution is 2.49. The van der Waals surface area contributed by atoms with Gasteiger partial charge in [0.25, 0.3) is 10.0 Å². The van der Waals surface area contributed by atoms with Crippen LogP contribution in [0.25, 0.3) is 0 Å². The van der Waals surface area contributed by atoms with Crippen LogP contribution in [0, 0.1) is 17.8 Å². The minimum atomic E-state index is -4.07. The van der Waals surface area contributed by atoms with Crippen molar-refractivity contribution in [1.82, 2.24) is 4.31 Å². The molecular formula is C26H35NO4S. The van der Waals surface area contributed by atoms with Gasteiger partial charge in [0.05, 0.1) is 10.6 Å². The van der Waals surface area contributed by atoms with Crippen molar-refractivity contribution in [2.45, 2.75) is 90.1 Å². The van der Waals surface area contributed by atoms with E-state index < -0.39 is 21.7 Å². The number of carbonyl (C=O) groups is 1. The predicted molar refractivity (Wildman–Crippen MR) is 125 cm³/mol. The van der Waals surface area contributed by atoms with Gasteiger partial charge in [-0.05, 0) is 80.1 Å². The lowest BCUT2D eigenvalue weighted by atomic mass is 9.66. The van der Waals surface area contributed by atoms with Crippen molar-refractivity contribution >= 4 is 16.1 Å². The number of benzene rings is 1. The van der Waals surface area contributed by atoms with Gasteiger partial charge in [-0.25, -0.2) is 13.2 Å². The Balaban J connectivity index is 1.85. The van der Waals surface area contributed by atoms with Crippen LogP contribution >= 0.6 is 0 Å². The number of hydrogen-bond acceptors (Lipinski definition) is 4. The zero-order chi connectivity index (χ0) is 23.4. The first kappa shape index (κ1) is 23.1. The summed E-state index contributed by atoms with van der Waals surface area (Å²) in [7, 11) is -4.07. The molecule has 4 rings (SSSR count). The fourth-order valence-electron chi connectivity index (χ4n) is 5.98. The largest absolute Gasteiger partial charge is 0.435 e. The van der Waals surface area contributed by atoms with Crippen molar-refractivity contribution < 1.29 is 17.9 Å². The van der Waals surface area contributed by atoms with Gasteiger partial charge in [0, 0.05) is 0 Å². The Morgan fingerprint density at radius 3 is 2.22 bits per heavy atom. The van der Waals surface area contributed by atoms with Gasteiger partial charge < -0.3 is 4.74 Å². The molecule has 1 aliphatic heterocycles. The molecule has 1 aromatic carbocycles. The number of rotatable bonds is 3. The SMILES string of the molecule is Cc1ccc(S(=O)(=O)N2C(=O)OC3(CCCCC3)/C2=C\C2=CC(C)(C)CC(C)(C)C2)cc1. The summed E-state index contributed by atoms with van der Waals surface area (Å²) in [6.07, 6.45) is 9.51. The van der Waals surface area contributed by atoms with E-state index in [2.05, 4.69) is 33.8 Å². The molecule has 6 heteroatoms. The molecule has 2 aliphatic carbocycles. The molecule has 0 aromatic heterocycles. The van der Waals surface area contributed by atoms with Crippen molar-refractivity contribution in [3.63, 3.8) is 0 Å². The molecule has 1 saturated heterocycles. The molecule has 5 nitrogen and oxygen atoms in total. The third-order valence-electron chi connectivity index (χ3n) is 6.87. The fourth-order valence-corrected chi connectivity index (χ4v) is 7.38. The number of ether oxygens (including phenoxy) is 1. The van der Waals surface area contributed by atoms with Crippen molar-refractivity contribution in [2.75, 3.05) is 0 Å². The summed E-state index contributed by atoms with van der Waals surface area (Å²) in [5.41, 5.74) is 1.76. The van der Waals surface area contributed by atoms with Crippen LogP contribution in [-0.2, 0) is 14.8 Å². The van der Waals surface area contributed by atoms with Gasteiger partial charge in [0.2, 0.25) is 0 Å². The fraction of sp³-hybridized carbons (Fsp3) is 0.577. The van der Waals surface area contributed by atoms with E-state index in [0.29, 0.717) is 18.5 Å². The topological polar surface area (TPSA) is 63.7 Å². The second-order valence-corrected chi connectivity index (χ2v) is 13.0. The number of sulfonamides is 1. The van der Waals surface area contributed by atoms with Crippen LogP contribution in [0.5, 0.6) is 0 Å². The lowest BCUT2D eigenvalue weighted by Gasteiger charge is -2.39. The van der Waals surface area contributed by atoms with Crippen LogP contribution in [-0.4, -0.2) is 24.4 Å². The maximum absolute atomic E-state index is 13.7. The van der Waals surface area contributed by atoms with Crippen LogP contribution < -0.4 is 0 Å². The first-order chi connectivity index (χ1) is 14.8. The van der Waals surface area contributed by atoms with Gasteiger partial charge in [-0.2, -0.15) is 4.31 Å². The highest BCUT2D eigenvalue weighted by molar-refractivity contribution is 7.89. The highest BCUT2D eigenvalue weighted by atomic mass is 32.2. The molecule has 32 heavy (non-hydrogen) atoms. The lowest BCUT2D eigenvalue weighted by molar-refractivity contribution is 0.0403. The molecule has 0 N–H and O–H groups in total. The van der Waals surface area contributed by atoms with Gasteiger partial charge in [0.1, 0.15) is 0 Å². The van der Waals surface area contributed by atoms with Crippen molar-refractivity contribution in [1.29, 1.82) is 0 Å². The van der Waals surface area contributed by atoms with Crippen LogP contribution in [0.2, 0.25) is 0 Å². The van der Waals surface area contributed by atoms with Crippen molar-refractivity contribution in [3.8, 4) is 0 Å². The minimum Gasteiger partial charge on any atom is -0.435 e. The molecule has 0 atom stereocenters. The summed E-state index contributed by atoms with van der Waals surface area (Å²) < 4.78 is 34.2. The quantitative estimate of drug-likeness (QED) is 0.520. The van der Waals surface area contributed by atoms with Crippen LogP contribution in [0.15, 0.2) is 52.6 Å². The van der Waals surface area contributed by atoms with Gasteiger partial charge in [0.15, 0.2) is 5.60 Å². The van der Waals surface area contributed by atoms with Crippen molar-refractivity contribution in [3.05, 3.63) is 53.3 Å². The molecule has 2 fully saturated rings. The number of allylic oxidation sites excluding steroid dienone is 3. The third-order valence-corrected chi connectivity index (χ3v) is 8.56. The Kier molecular flexibility index (Phi) is 5.60. The van der Waals surface area contributed by atoms with E-state index in [4.69, 9.17) is 4.74 Å². The average molecular weight is 458 g/mol. The summed E-state index contributed by atoms with van der Waals surface area (Å²) in [6, 6.07) is 6.63. The second-order valence-electron chi connectivity index (χ2n) is 11.3. The summed E-state index contributed by atoms with van der Waals surface area (Å²) in [5.74, 6) is 0. The Hall–Kier alpha value is -2.08. The van der Waals surface area contributed by atoms with E-state index in [0.717, 1.165) is 47.5 Å². The summed E-state index contributed by atoms with van der Waals surface area (Å²) in [4.78, 5) is 13.2. The zero-order valence-corrected chi connectivity index (χ0v) is 20.7. The standard InChI is InChI=1S/C26H35NO4S/c1-19-9-11-21(12-10-19)32(29,30)27-22(26(31-23(27)28)13-7-6-8-14-26)15-20-16-24(2,3)18-25(4,5)17-20/h9-12,15-16H,6-8,13-14,17-18H2,1-5H3/b22-15+. The molecule has 3 aliphatic rings. The summed E-state index contributed by atoms with van der Waals surface area (Å²) in [5, 5.41) is 0. The smallest absolute Gasteiger partial charge is 0.429 e. The zero-order valence-electron chi connectivity index (χ0n) is 19.9. The average Bonchev–Trinajstić information content (AvgIpc) is 2.91. The van der Waals surface area contributed by atoms with E-state index >= 15 is 0 Å². The van der Waals surface area contributed by atoms with Gasteiger partial charge in [-0.1, -0.05) is 57.9 Å². The van der Waals surface area contributed by atoms with E-state index in [1.807, 2.05) is 13.0 Å². The molecule has 0 unspecified atom stereocenters. The molecule has 1 saturated carbocycles. The number of hydrogen-bond donors (Lipinski definition) is 0. The minimum absolute atomic E-state index is 0.00198. The van der Waals surface area contributed by atoms with Gasteiger partial charge >= 0.3 is 6.09 Å². The van der Waals surface area contributed by atoms with Gasteiger partial charge in [-0.3, -0.25) is 0 Å². The molecular weight excluding hydrogens is 422 g/mol. The molecule has 1 heterocycles. The third kappa shape index (κ3) is 4.26. The molecule has 1 amide bonds. The Morgan fingerprint density at radius 1 is 1.00 bits per heavy atom. The van der Waals surface area contributed by atoms with Crippen molar-refractivity contribution in [2.24, 2.45) is 10.8 Å². The maximum Gasteiger partial charge on any atom is 0.429 e. The molecule has 0 bridgehead atoms. The van der Waals surface area contributed by atoms with E-state index in [-0.39, 0.29) is 15.7 Å². The van der Waals surface area contributed by atoms with Gasteiger partial charge in [-0.15, -0.1) is 0 Å². The Bertz CT molecular complexity index is 1070. The maximum atomic E-state index is 13.7. The van der Waals surface area contributed by atoms with Crippen LogP contribution in [0.1, 0.15) is 78.2 Å². The summed E-state index contributed by atoms with van der Waals surface area (Å²) in [6.45, 7) is 10.8. The van der Waals surface area contributed by atoms with Crippen LogP contribution in [0.4, 0.5) is 4.79 Å². The number of aryl methyl sites for hydroxylation is 1. The molecule has 0 radical (unpaired) electrons. The first-order valence-corrected chi connectivity index (χ1v) is 13.1. The molecule has 1 spiro atoms. The summed E-state index contributed by atoms with van der Waals surface area (Å²) >= 11 is 0. The first-order valence-electron chi connectivity index (χ1n) is 11.6. The number of carbonyl (C=O) groups excluding carboxylic acids is 1. The van der Waals surface area contributed by atoms with Crippen LogP contribution in [0.3, 0.4) is 0 Å². The number of nitrogens with zero attached hydrogens (tertiary/aromatic N) is 1. The van der Waals surface area contributed by atoms with E-state index in [1.165, 1.54) is 0 Å².